The minimum atomic E-state index is -0.439. The average molecular weight is 354 g/mol. The van der Waals surface area contributed by atoms with Crippen LogP contribution in [0.3, 0.4) is 0 Å². The Bertz CT molecular complexity index is 416. The lowest BCUT2D eigenvalue weighted by Crippen LogP contribution is -2.50. The van der Waals surface area contributed by atoms with Crippen LogP contribution in [0.5, 0.6) is 0 Å². The van der Waals surface area contributed by atoms with Crippen LogP contribution in [0.25, 0.3) is 0 Å². The molecular weight excluding hydrogens is 318 g/mol. The molecule has 1 saturated heterocycles. The van der Waals surface area contributed by atoms with Gasteiger partial charge in [0, 0.05) is 26.1 Å². The van der Waals surface area contributed by atoms with Gasteiger partial charge in [0.05, 0.1) is 6.10 Å². The molecule has 6 heteroatoms. The number of nitrogens with one attached hydrogen (secondary N) is 1. The summed E-state index contributed by atoms with van der Waals surface area (Å²) in [4.78, 5) is 26.6. The first-order chi connectivity index (χ1) is 12.1. The van der Waals surface area contributed by atoms with Crippen molar-refractivity contribution < 1.29 is 14.3 Å². The van der Waals surface area contributed by atoms with Gasteiger partial charge in [-0.3, -0.25) is 9.59 Å². The molecular formula is C19H35N3O3. The standard InChI is InChI=1S/C19H35N3O3/c1-15(21-18(23)14-16-6-3-2-4-7-16)19(24)22-11-8-17(9-12-22)25-13-5-10-20/h15-17H,2-14,20H2,1H3,(H,21,23). The van der Waals surface area contributed by atoms with Crippen LogP contribution in [0.1, 0.15) is 64.7 Å². The fourth-order valence-electron chi connectivity index (χ4n) is 3.87. The topological polar surface area (TPSA) is 84.7 Å². The molecule has 0 radical (unpaired) electrons. The van der Waals surface area contributed by atoms with Crippen molar-refractivity contribution in [1.29, 1.82) is 0 Å². The minimum absolute atomic E-state index is 0.0211. The van der Waals surface area contributed by atoms with Crippen LogP contribution >= 0.6 is 0 Å². The molecule has 0 bridgehead atoms. The van der Waals surface area contributed by atoms with Gasteiger partial charge in [0.1, 0.15) is 6.04 Å². The number of nitrogens with zero attached hydrogens (tertiary/aromatic N) is 1. The Kier molecular flexibility index (Phi) is 8.68. The number of rotatable bonds is 8. The highest BCUT2D eigenvalue weighted by molar-refractivity contribution is 5.87. The van der Waals surface area contributed by atoms with Crippen molar-refractivity contribution in [2.24, 2.45) is 11.7 Å². The number of likely N-dealkylation sites (tertiary alicyclic amines) is 1. The smallest absolute Gasteiger partial charge is 0.244 e. The molecule has 0 aromatic heterocycles. The highest BCUT2D eigenvalue weighted by Gasteiger charge is 2.27. The fraction of sp³-hybridized carbons (Fsp3) is 0.895. The summed E-state index contributed by atoms with van der Waals surface area (Å²) < 4.78 is 5.77. The molecule has 0 aromatic carbocycles. The Labute approximate surface area is 151 Å². The number of nitrogens with two attached hydrogens (primary N) is 1. The molecule has 1 saturated carbocycles. The van der Waals surface area contributed by atoms with Crippen molar-refractivity contribution in [3.8, 4) is 0 Å². The van der Waals surface area contributed by atoms with E-state index < -0.39 is 6.04 Å². The molecule has 2 rings (SSSR count). The first-order valence-electron chi connectivity index (χ1n) is 10.00. The van der Waals surface area contributed by atoms with Gasteiger partial charge in [-0.15, -0.1) is 0 Å². The summed E-state index contributed by atoms with van der Waals surface area (Å²) in [5.74, 6) is 0.544. The Morgan fingerprint density at radius 2 is 1.84 bits per heavy atom. The zero-order valence-corrected chi connectivity index (χ0v) is 15.7. The van der Waals surface area contributed by atoms with E-state index in [2.05, 4.69) is 5.32 Å². The molecule has 0 aromatic rings. The second-order valence-corrected chi connectivity index (χ2v) is 7.54. The normalized spacial score (nSPS) is 21.1. The number of amides is 2. The van der Waals surface area contributed by atoms with Crippen LogP contribution in [0.15, 0.2) is 0 Å². The van der Waals surface area contributed by atoms with Gasteiger partial charge < -0.3 is 20.7 Å². The van der Waals surface area contributed by atoms with Gasteiger partial charge in [-0.05, 0) is 51.5 Å². The van der Waals surface area contributed by atoms with E-state index in [-0.39, 0.29) is 17.9 Å². The Balaban J connectivity index is 1.66. The van der Waals surface area contributed by atoms with Crippen LogP contribution in [-0.2, 0) is 14.3 Å². The molecule has 1 unspecified atom stereocenters. The van der Waals surface area contributed by atoms with Crippen molar-refractivity contribution in [1.82, 2.24) is 10.2 Å². The molecule has 144 valence electrons. The zero-order valence-electron chi connectivity index (χ0n) is 15.7. The van der Waals surface area contributed by atoms with E-state index in [9.17, 15) is 9.59 Å². The highest BCUT2D eigenvalue weighted by Crippen LogP contribution is 2.26. The maximum atomic E-state index is 12.5. The SMILES string of the molecule is CC(NC(=O)CC1CCCCC1)C(=O)N1CCC(OCCCN)CC1. The number of carbonyl (C=O) groups is 2. The first kappa shape index (κ1) is 20.2. The van der Waals surface area contributed by atoms with Crippen molar-refractivity contribution in [3.63, 3.8) is 0 Å². The summed E-state index contributed by atoms with van der Waals surface area (Å²) in [7, 11) is 0. The van der Waals surface area contributed by atoms with Gasteiger partial charge in [-0.1, -0.05) is 19.3 Å². The molecule has 1 atom stereocenters. The monoisotopic (exact) mass is 353 g/mol. The molecule has 2 fully saturated rings. The molecule has 1 heterocycles. The third-order valence-corrected chi connectivity index (χ3v) is 5.40. The molecule has 3 N–H and O–H groups in total. The van der Waals surface area contributed by atoms with Gasteiger partial charge in [0.2, 0.25) is 11.8 Å². The lowest BCUT2D eigenvalue weighted by Gasteiger charge is -2.33. The number of piperidine rings is 1. The van der Waals surface area contributed by atoms with Gasteiger partial charge in [-0.25, -0.2) is 0 Å². The molecule has 1 aliphatic carbocycles. The van der Waals surface area contributed by atoms with E-state index in [1.807, 2.05) is 4.90 Å². The van der Waals surface area contributed by atoms with E-state index in [0.717, 1.165) is 32.1 Å². The van der Waals surface area contributed by atoms with Crippen LogP contribution < -0.4 is 11.1 Å². The Hall–Kier alpha value is -1.14. The summed E-state index contributed by atoms with van der Waals surface area (Å²) in [5.41, 5.74) is 5.47. The van der Waals surface area contributed by atoms with Gasteiger partial charge >= 0.3 is 0 Å². The number of ether oxygens (including phenoxy) is 1. The minimum Gasteiger partial charge on any atom is -0.378 e. The predicted molar refractivity (Wildman–Crippen MR) is 98.0 cm³/mol. The largest absolute Gasteiger partial charge is 0.378 e. The maximum absolute atomic E-state index is 12.5. The third kappa shape index (κ3) is 6.94. The van der Waals surface area contributed by atoms with E-state index in [0.29, 0.717) is 38.6 Å². The second-order valence-electron chi connectivity index (χ2n) is 7.54. The summed E-state index contributed by atoms with van der Waals surface area (Å²) in [6.45, 7) is 4.55. The molecule has 1 aliphatic heterocycles. The van der Waals surface area contributed by atoms with Gasteiger partial charge in [0.15, 0.2) is 0 Å². The summed E-state index contributed by atoms with van der Waals surface area (Å²) in [6, 6.07) is -0.439. The number of carbonyl (C=O) groups excluding carboxylic acids is 2. The molecule has 6 nitrogen and oxygen atoms in total. The van der Waals surface area contributed by atoms with Crippen molar-refractivity contribution in [3.05, 3.63) is 0 Å². The second kappa shape index (κ2) is 10.8. The van der Waals surface area contributed by atoms with E-state index in [1.165, 1.54) is 19.3 Å². The van der Waals surface area contributed by atoms with E-state index in [4.69, 9.17) is 10.5 Å². The Morgan fingerprint density at radius 1 is 1.16 bits per heavy atom. The molecule has 2 aliphatic rings. The summed E-state index contributed by atoms with van der Waals surface area (Å²) in [6.07, 6.45) is 9.44. The Morgan fingerprint density at radius 3 is 2.48 bits per heavy atom. The van der Waals surface area contributed by atoms with Gasteiger partial charge in [0.25, 0.3) is 0 Å². The zero-order chi connectivity index (χ0) is 18.1. The number of hydrogen-bond donors (Lipinski definition) is 2. The lowest BCUT2D eigenvalue weighted by molar-refractivity contribution is -0.138. The maximum Gasteiger partial charge on any atom is 0.244 e. The first-order valence-corrected chi connectivity index (χ1v) is 10.00. The van der Waals surface area contributed by atoms with Gasteiger partial charge in [-0.2, -0.15) is 0 Å². The quantitative estimate of drug-likeness (QED) is 0.652. The molecule has 0 spiro atoms. The van der Waals surface area contributed by atoms with Crippen LogP contribution in [0, 0.1) is 5.92 Å². The third-order valence-electron chi connectivity index (χ3n) is 5.40. The summed E-state index contributed by atoms with van der Waals surface area (Å²) in [5, 5.41) is 2.90. The van der Waals surface area contributed by atoms with Crippen molar-refractivity contribution in [2.75, 3.05) is 26.2 Å². The van der Waals surface area contributed by atoms with E-state index >= 15 is 0 Å². The van der Waals surface area contributed by atoms with Crippen molar-refractivity contribution >= 4 is 11.8 Å². The summed E-state index contributed by atoms with van der Waals surface area (Å²) >= 11 is 0. The van der Waals surface area contributed by atoms with Crippen LogP contribution in [0.2, 0.25) is 0 Å². The van der Waals surface area contributed by atoms with E-state index in [1.54, 1.807) is 6.92 Å². The molecule has 2 amide bonds. The van der Waals surface area contributed by atoms with Crippen LogP contribution in [-0.4, -0.2) is 55.1 Å². The van der Waals surface area contributed by atoms with Crippen molar-refractivity contribution in [2.45, 2.75) is 76.9 Å². The van der Waals surface area contributed by atoms with Crippen LogP contribution in [0.4, 0.5) is 0 Å². The predicted octanol–water partition coefficient (Wildman–Crippen LogP) is 1.82. The average Bonchev–Trinajstić information content (AvgIpc) is 2.62. The molecule has 25 heavy (non-hydrogen) atoms. The highest BCUT2D eigenvalue weighted by atomic mass is 16.5. The lowest BCUT2D eigenvalue weighted by atomic mass is 9.87. The number of hydrogen-bond acceptors (Lipinski definition) is 4. The fourth-order valence-corrected chi connectivity index (χ4v) is 3.87.